The molecule has 0 aliphatic heterocycles. The quantitative estimate of drug-likeness (QED) is 0.483. The predicted octanol–water partition coefficient (Wildman–Crippen LogP) is 4.91. The molecule has 3 aromatic rings. The lowest BCUT2D eigenvalue weighted by atomic mass is 10.0. The van der Waals surface area contributed by atoms with Crippen LogP contribution in [0.3, 0.4) is 0 Å². The molecule has 0 fully saturated rings. The SMILES string of the molecule is Cc1ccc(C(=O)NC(=NCc2ccccn2)Nc2cccc(C(C)C)c2)cc1. The Labute approximate surface area is 171 Å². The molecule has 2 N–H and O–H groups in total. The smallest absolute Gasteiger partial charge is 0.257 e. The van der Waals surface area contributed by atoms with Gasteiger partial charge in [0.25, 0.3) is 5.91 Å². The van der Waals surface area contributed by atoms with Crippen LogP contribution < -0.4 is 10.6 Å². The molecule has 0 aliphatic carbocycles. The van der Waals surface area contributed by atoms with Gasteiger partial charge in [-0.1, -0.05) is 49.7 Å². The molecule has 1 amide bonds. The number of aliphatic imine (C=N–C) groups is 1. The van der Waals surface area contributed by atoms with Crippen molar-refractivity contribution < 1.29 is 4.79 Å². The molecule has 5 heteroatoms. The highest BCUT2D eigenvalue weighted by Gasteiger charge is 2.10. The number of amides is 1. The van der Waals surface area contributed by atoms with E-state index in [4.69, 9.17) is 0 Å². The van der Waals surface area contributed by atoms with Crippen molar-refractivity contribution in [1.82, 2.24) is 10.3 Å². The van der Waals surface area contributed by atoms with Crippen molar-refractivity contribution in [2.24, 2.45) is 4.99 Å². The van der Waals surface area contributed by atoms with Crippen molar-refractivity contribution in [2.75, 3.05) is 5.32 Å². The highest BCUT2D eigenvalue weighted by Crippen LogP contribution is 2.18. The monoisotopic (exact) mass is 386 g/mol. The first kappa shape index (κ1) is 20.3. The van der Waals surface area contributed by atoms with Gasteiger partial charge in [0.1, 0.15) is 0 Å². The Balaban J connectivity index is 1.81. The number of benzene rings is 2. The number of guanidine groups is 1. The first-order chi connectivity index (χ1) is 14.0. The van der Waals surface area contributed by atoms with Crippen LogP contribution in [0.15, 0.2) is 77.9 Å². The van der Waals surface area contributed by atoms with Gasteiger partial charge in [-0.05, 0) is 54.8 Å². The number of hydrogen-bond acceptors (Lipinski definition) is 3. The molecule has 0 radical (unpaired) electrons. The first-order valence-corrected chi connectivity index (χ1v) is 9.70. The maximum atomic E-state index is 12.7. The zero-order valence-electron chi connectivity index (χ0n) is 17.0. The Hall–Kier alpha value is -3.47. The summed E-state index contributed by atoms with van der Waals surface area (Å²) < 4.78 is 0. The summed E-state index contributed by atoms with van der Waals surface area (Å²) >= 11 is 0. The van der Waals surface area contributed by atoms with Gasteiger partial charge in [-0.2, -0.15) is 0 Å². The molecular formula is C24H26N4O. The van der Waals surface area contributed by atoms with E-state index < -0.39 is 0 Å². The van der Waals surface area contributed by atoms with E-state index in [1.807, 2.05) is 49.4 Å². The second-order valence-corrected chi connectivity index (χ2v) is 7.21. The van der Waals surface area contributed by atoms with Gasteiger partial charge in [-0.3, -0.25) is 15.1 Å². The summed E-state index contributed by atoms with van der Waals surface area (Å²) in [6, 6.07) is 21.2. The Morgan fingerprint density at radius 1 is 1.03 bits per heavy atom. The van der Waals surface area contributed by atoms with E-state index in [2.05, 4.69) is 46.6 Å². The molecule has 2 aromatic carbocycles. The number of hydrogen-bond donors (Lipinski definition) is 2. The van der Waals surface area contributed by atoms with E-state index in [0.717, 1.165) is 16.9 Å². The summed E-state index contributed by atoms with van der Waals surface area (Å²) in [5.74, 6) is 0.590. The van der Waals surface area contributed by atoms with E-state index in [-0.39, 0.29) is 5.91 Å². The molecular weight excluding hydrogens is 360 g/mol. The van der Waals surface area contributed by atoms with Crippen LogP contribution in [0.2, 0.25) is 0 Å². The fraction of sp³-hybridized carbons (Fsp3) is 0.208. The molecule has 29 heavy (non-hydrogen) atoms. The van der Waals surface area contributed by atoms with Gasteiger partial charge in [0.2, 0.25) is 5.96 Å². The average Bonchev–Trinajstić information content (AvgIpc) is 2.73. The molecule has 0 atom stereocenters. The lowest BCUT2D eigenvalue weighted by Gasteiger charge is -2.14. The number of nitrogens with one attached hydrogen (secondary N) is 2. The van der Waals surface area contributed by atoms with Gasteiger partial charge in [0.05, 0.1) is 12.2 Å². The summed E-state index contributed by atoms with van der Waals surface area (Å²) in [4.78, 5) is 21.5. The molecule has 0 saturated heterocycles. The van der Waals surface area contributed by atoms with Gasteiger partial charge in [-0.25, -0.2) is 4.99 Å². The maximum Gasteiger partial charge on any atom is 0.257 e. The number of pyridine rings is 1. The topological polar surface area (TPSA) is 66.4 Å². The number of rotatable bonds is 5. The zero-order valence-corrected chi connectivity index (χ0v) is 17.0. The third-order valence-corrected chi connectivity index (χ3v) is 4.49. The summed E-state index contributed by atoms with van der Waals surface area (Å²) in [5, 5.41) is 6.14. The van der Waals surface area contributed by atoms with Crippen molar-refractivity contribution in [2.45, 2.75) is 33.2 Å². The standard InChI is InChI=1S/C24H26N4O/c1-17(2)20-7-6-9-21(15-20)27-24(26-16-22-8-4-5-14-25-22)28-23(29)19-12-10-18(3)11-13-19/h4-15,17H,16H2,1-3H3,(H2,26,27,28,29). The zero-order chi connectivity index (χ0) is 20.6. The molecule has 3 rings (SSSR count). The third-order valence-electron chi connectivity index (χ3n) is 4.49. The number of nitrogens with zero attached hydrogens (tertiary/aromatic N) is 2. The van der Waals surface area contributed by atoms with Gasteiger partial charge in [0, 0.05) is 17.4 Å². The van der Waals surface area contributed by atoms with Crippen LogP contribution in [0.1, 0.15) is 46.9 Å². The van der Waals surface area contributed by atoms with E-state index in [1.165, 1.54) is 5.56 Å². The van der Waals surface area contributed by atoms with Crippen LogP contribution in [-0.4, -0.2) is 16.9 Å². The highest BCUT2D eigenvalue weighted by molar-refractivity contribution is 6.09. The van der Waals surface area contributed by atoms with Crippen LogP contribution in [0.25, 0.3) is 0 Å². The molecule has 0 saturated carbocycles. The van der Waals surface area contributed by atoms with Gasteiger partial charge >= 0.3 is 0 Å². The van der Waals surface area contributed by atoms with Crippen molar-refractivity contribution in [1.29, 1.82) is 0 Å². The number of carbonyl (C=O) groups is 1. The fourth-order valence-electron chi connectivity index (χ4n) is 2.76. The Morgan fingerprint density at radius 3 is 2.52 bits per heavy atom. The Bertz CT molecular complexity index is 979. The minimum atomic E-state index is -0.211. The van der Waals surface area contributed by atoms with E-state index in [9.17, 15) is 4.79 Å². The van der Waals surface area contributed by atoms with Gasteiger partial charge in [0.15, 0.2) is 0 Å². The van der Waals surface area contributed by atoms with E-state index in [1.54, 1.807) is 18.3 Å². The summed E-state index contributed by atoms with van der Waals surface area (Å²) in [7, 11) is 0. The second-order valence-electron chi connectivity index (χ2n) is 7.21. The number of anilines is 1. The van der Waals surface area contributed by atoms with Gasteiger partial charge < -0.3 is 5.32 Å². The van der Waals surface area contributed by atoms with Crippen LogP contribution in [0, 0.1) is 6.92 Å². The molecule has 0 bridgehead atoms. The molecule has 148 valence electrons. The number of aryl methyl sites for hydroxylation is 1. The lowest BCUT2D eigenvalue weighted by molar-refractivity contribution is 0.0977. The summed E-state index contributed by atoms with van der Waals surface area (Å²) in [5.41, 5.74) is 4.60. The van der Waals surface area contributed by atoms with Crippen molar-refractivity contribution in [3.63, 3.8) is 0 Å². The molecule has 0 aliphatic rings. The first-order valence-electron chi connectivity index (χ1n) is 9.70. The van der Waals surface area contributed by atoms with Crippen molar-refractivity contribution in [3.8, 4) is 0 Å². The molecule has 1 heterocycles. The number of aromatic nitrogens is 1. The Kier molecular flexibility index (Phi) is 6.74. The van der Waals surface area contributed by atoms with Crippen LogP contribution >= 0.6 is 0 Å². The van der Waals surface area contributed by atoms with Crippen LogP contribution in [0.4, 0.5) is 5.69 Å². The second kappa shape index (κ2) is 9.64. The lowest BCUT2D eigenvalue weighted by Crippen LogP contribution is -2.36. The predicted molar refractivity (Wildman–Crippen MR) is 118 cm³/mol. The minimum absolute atomic E-state index is 0.211. The molecule has 5 nitrogen and oxygen atoms in total. The average molecular weight is 386 g/mol. The van der Waals surface area contributed by atoms with Crippen LogP contribution in [0.5, 0.6) is 0 Å². The maximum absolute atomic E-state index is 12.7. The van der Waals surface area contributed by atoms with Crippen LogP contribution in [-0.2, 0) is 6.54 Å². The Morgan fingerprint density at radius 2 is 1.83 bits per heavy atom. The van der Waals surface area contributed by atoms with Gasteiger partial charge in [-0.15, -0.1) is 0 Å². The minimum Gasteiger partial charge on any atom is -0.326 e. The summed E-state index contributed by atoms with van der Waals surface area (Å²) in [6.45, 7) is 6.65. The van der Waals surface area contributed by atoms with E-state index >= 15 is 0 Å². The summed E-state index contributed by atoms with van der Waals surface area (Å²) in [6.07, 6.45) is 1.73. The number of carbonyl (C=O) groups excluding carboxylic acids is 1. The largest absolute Gasteiger partial charge is 0.326 e. The normalized spacial score (nSPS) is 11.4. The molecule has 0 spiro atoms. The van der Waals surface area contributed by atoms with Crippen molar-refractivity contribution >= 4 is 17.6 Å². The third kappa shape index (κ3) is 6.01. The molecule has 1 aromatic heterocycles. The van der Waals surface area contributed by atoms with Crippen molar-refractivity contribution in [3.05, 3.63) is 95.3 Å². The van der Waals surface area contributed by atoms with E-state index in [0.29, 0.717) is 24.0 Å². The fourth-order valence-corrected chi connectivity index (χ4v) is 2.76. The highest BCUT2D eigenvalue weighted by atomic mass is 16.1. The molecule has 0 unspecified atom stereocenters.